The fourth-order valence-electron chi connectivity index (χ4n) is 2.17. The van der Waals surface area contributed by atoms with Gasteiger partial charge in [-0.2, -0.15) is 5.10 Å². The van der Waals surface area contributed by atoms with Gasteiger partial charge in [-0.05, 0) is 24.3 Å². The molecule has 0 saturated carbocycles. The van der Waals surface area contributed by atoms with E-state index in [1.807, 2.05) is 42.1 Å². The zero-order valence-electron chi connectivity index (χ0n) is 10.5. The molecule has 0 fully saturated rings. The summed E-state index contributed by atoms with van der Waals surface area (Å²) in [5.41, 5.74) is 9.00. The summed E-state index contributed by atoms with van der Waals surface area (Å²) in [6, 6.07) is 7.99. The lowest BCUT2D eigenvalue weighted by Crippen LogP contribution is -2.06. The van der Waals surface area contributed by atoms with Gasteiger partial charge in [0, 0.05) is 30.7 Å². The molecular formula is C13H14BrN5. The molecule has 19 heavy (non-hydrogen) atoms. The molecule has 0 bridgehead atoms. The van der Waals surface area contributed by atoms with Crippen molar-refractivity contribution in [2.75, 3.05) is 5.73 Å². The minimum atomic E-state index is 0.545. The van der Waals surface area contributed by atoms with E-state index in [-0.39, 0.29) is 0 Å². The zero-order chi connectivity index (χ0) is 13.4. The zero-order valence-corrected chi connectivity index (χ0v) is 12.1. The number of nitrogens with zero attached hydrogens (tertiary/aromatic N) is 4. The van der Waals surface area contributed by atoms with Crippen LogP contribution in [0.15, 0.2) is 34.9 Å². The molecule has 0 saturated heterocycles. The number of halogens is 1. The van der Waals surface area contributed by atoms with Gasteiger partial charge >= 0.3 is 0 Å². The van der Waals surface area contributed by atoms with E-state index in [1.165, 1.54) is 0 Å². The van der Waals surface area contributed by atoms with E-state index in [1.54, 1.807) is 4.68 Å². The highest BCUT2D eigenvalue weighted by atomic mass is 79.9. The monoisotopic (exact) mass is 319 g/mol. The Morgan fingerprint density at radius 1 is 1.32 bits per heavy atom. The van der Waals surface area contributed by atoms with Crippen molar-refractivity contribution in [1.82, 2.24) is 19.3 Å². The maximum absolute atomic E-state index is 5.98. The van der Waals surface area contributed by atoms with Crippen molar-refractivity contribution in [3.05, 3.63) is 40.6 Å². The van der Waals surface area contributed by atoms with E-state index < -0.39 is 0 Å². The fraction of sp³-hybridized carbons (Fsp3) is 0.231. The minimum Gasteiger partial charge on any atom is -0.369 e. The summed E-state index contributed by atoms with van der Waals surface area (Å²) in [5.74, 6) is 0.545. The van der Waals surface area contributed by atoms with Gasteiger partial charge in [-0.15, -0.1) is 0 Å². The van der Waals surface area contributed by atoms with Crippen LogP contribution in [-0.4, -0.2) is 19.3 Å². The molecule has 2 N–H and O–H groups in total. The van der Waals surface area contributed by atoms with Crippen molar-refractivity contribution >= 4 is 32.9 Å². The number of aryl methyl sites for hydroxylation is 3. The van der Waals surface area contributed by atoms with E-state index in [0.717, 1.165) is 34.2 Å². The van der Waals surface area contributed by atoms with E-state index in [0.29, 0.717) is 5.95 Å². The van der Waals surface area contributed by atoms with Crippen LogP contribution in [0.2, 0.25) is 0 Å². The Bertz CT molecular complexity index is 728. The molecule has 0 atom stereocenters. The molecule has 0 amide bonds. The first-order valence-corrected chi connectivity index (χ1v) is 6.82. The number of anilines is 1. The number of rotatable bonds is 3. The van der Waals surface area contributed by atoms with Crippen LogP contribution in [0.1, 0.15) is 5.69 Å². The van der Waals surface area contributed by atoms with Gasteiger partial charge in [0.2, 0.25) is 5.95 Å². The SMILES string of the molecule is Cn1ccc(CCn2c(N)nc3ccc(Br)cc32)n1. The van der Waals surface area contributed by atoms with Crippen molar-refractivity contribution in [3.63, 3.8) is 0 Å². The molecule has 1 aromatic carbocycles. The van der Waals surface area contributed by atoms with Crippen molar-refractivity contribution < 1.29 is 0 Å². The summed E-state index contributed by atoms with van der Waals surface area (Å²) >= 11 is 3.48. The van der Waals surface area contributed by atoms with Crippen molar-refractivity contribution in [3.8, 4) is 0 Å². The lowest BCUT2D eigenvalue weighted by Gasteiger charge is -2.05. The van der Waals surface area contributed by atoms with Gasteiger partial charge in [-0.3, -0.25) is 4.68 Å². The van der Waals surface area contributed by atoms with Crippen molar-refractivity contribution in [2.45, 2.75) is 13.0 Å². The summed E-state index contributed by atoms with van der Waals surface area (Å²) in [5, 5.41) is 4.37. The Labute approximate surface area is 119 Å². The third-order valence-corrected chi connectivity index (χ3v) is 3.59. The van der Waals surface area contributed by atoms with Crippen LogP contribution in [0.4, 0.5) is 5.95 Å². The second-order valence-corrected chi connectivity index (χ2v) is 5.40. The normalized spacial score (nSPS) is 11.3. The number of imidazole rings is 1. The molecule has 98 valence electrons. The first kappa shape index (κ1) is 12.2. The molecule has 3 rings (SSSR count). The average molecular weight is 320 g/mol. The fourth-order valence-corrected chi connectivity index (χ4v) is 2.52. The molecule has 2 heterocycles. The van der Waals surface area contributed by atoms with Gasteiger partial charge in [0.1, 0.15) is 0 Å². The molecule has 3 aromatic rings. The third kappa shape index (κ3) is 2.35. The predicted octanol–water partition coefficient (Wildman–Crippen LogP) is 2.36. The second kappa shape index (κ2) is 4.70. The highest BCUT2D eigenvalue weighted by Gasteiger charge is 2.09. The van der Waals surface area contributed by atoms with E-state index in [4.69, 9.17) is 5.73 Å². The first-order chi connectivity index (χ1) is 9.13. The average Bonchev–Trinajstić information content (AvgIpc) is 2.90. The number of hydrogen-bond donors (Lipinski definition) is 1. The van der Waals surface area contributed by atoms with Crippen molar-refractivity contribution in [1.29, 1.82) is 0 Å². The lowest BCUT2D eigenvalue weighted by atomic mass is 10.3. The van der Waals surface area contributed by atoms with Gasteiger partial charge in [0.15, 0.2) is 0 Å². The van der Waals surface area contributed by atoms with Crippen molar-refractivity contribution in [2.24, 2.45) is 7.05 Å². The predicted molar refractivity (Wildman–Crippen MR) is 78.8 cm³/mol. The largest absolute Gasteiger partial charge is 0.369 e. The third-order valence-electron chi connectivity index (χ3n) is 3.10. The van der Waals surface area contributed by atoms with Crippen LogP contribution >= 0.6 is 15.9 Å². The molecule has 0 aliphatic carbocycles. The smallest absolute Gasteiger partial charge is 0.201 e. The van der Waals surface area contributed by atoms with Crippen LogP contribution in [0.5, 0.6) is 0 Å². The Hall–Kier alpha value is -1.82. The summed E-state index contributed by atoms with van der Waals surface area (Å²) in [4.78, 5) is 4.37. The quantitative estimate of drug-likeness (QED) is 0.806. The molecule has 0 aliphatic rings. The van der Waals surface area contributed by atoms with E-state index in [2.05, 4.69) is 26.0 Å². The Morgan fingerprint density at radius 3 is 2.89 bits per heavy atom. The van der Waals surface area contributed by atoms with Crippen LogP contribution in [0.25, 0.3) is 11.0 Å². The number of nitrogens with two attached hydrogens (primary N) is 1. The number of fused-ring (bicyclic) bond motifs is 1. The van der Waals surface area contributed by atoms with Crippen LogP contribution in [-0.2, 0) is 20.0 Å². The molecule has 0 spiro atoms. The van der Waals surface area contributed by atoms with Gasteiger partial charge in [0.25, 0.3) is 0 Å². The summed E-state index contributed by atoms with van der Waals surface area (Å²) in [7, 11) is 1.92. The number of nitrogen functional groups attached to an aromatic ring is 1. The van der Waals surface area contributed by atoms with Crippen LogP contribution in [0.3, 0.4) is 0 Å². The lowest BCUT2D eigenvalue weighted by molar-refractivity contribution is 0.683. The summed E-state index contributed by atoms with van der Waals surface area (Å²) < 4.78 is 4.86. The van der Waals surface area contributed by atoms with E-state index in [9.17, 15) is 0 Å². The molecular weight excluding hydrogens is 306 g/mol. The van der Waals surface area contributed by atoms with Crippen LogP contribution in [0, 0.1) is 0 Å². The summed E-state index contributed by atoms with van der Waals surface area (Å²) in [6.07, 6.45) is 2.78. The van der Waals surface area contributed by atoms with Gasteiger partial charge in [-0.1, -0.05) is 15.9 Å². The second-order valence-electron chi connectivity index (χ2n) is 4.49. The topological polar surface area (TPSA) is 61.7 Å². The first-order valence-electron chi connectivity index (χ1n) is 6.03. The van der Waals surface area contributed by atoms with Gasteiger partial charge in [0.05, 0.1) is 16.7 Å². The number of benzene rings is 1. The van der Waals surface area contributed by atoms with Crippen LogP contribution < -0.4 is 5.73 Å². The van der Waals surface area contributed by atoms with Gasteiger partial charge in [-0.25, -0.2) is 4.98 Å². The highest BCUT2D eigenvalue weighted by molar-refractivity contribution is 9.10. The molecule has 0 aliphatic heterocycles. The highest BCUT2D eigenvalue weighted by Crippen LogP contribution is 2.22. The van der Waals surface area contributed by atoms with E-state index >= 15 is 0 Å². The standard InChI is InChI=1S/C13H14BrN5/c1-18-6-4-10(17-18)5-7-19-12-8-9(14)2-3-11(12)16-13(19)15/h2-4,6,8H,5,7H2,1H3,(H2,15,16). The molecule has 5 nitrogen and oxygen atoms in total. The molecule has 0 unspecified atom stereocenters. The maximum Gasteiger partial charge on any atom is 0.201 e. The molecule has 2 aromatic heterocycles. The van der Waals surface area contributed by atoms with Gasteiger partial charge < -0.3 is 10.3 Å². The maximum atomic E-state index is 5.98. The molecule has 0 radical (unpaired) electrons. The minimum absolute atomic E-state index is 0.545. The Kier molecular flexibility index (Phi) is 3.02. The number of hydrogen-bond acceptors (Lipinski definition) is 3. The summed E-state index contributed by atoms with van der Waals surface area (Å²) in [6.45, 7) is 0.774. The molecule has 6 heteroatoms. The Balaban J connectivity index is 1.91. The number of aromatic nitrogens is 4. The Morgan fingerprint density at radius 2 is 2.16 bits per heavy atom.